The number of aromatic nitrogens is 3. The topological polar surface area (TPSA) is 71.2 Å². The molecule has 1 atom stereocenters. The van der Waals surface area contributed by atoms with Gasteiger partial charge in [-0.25, -0.2) is 0 Å². The van der Waals surface area contributed by atoms with Crippen LogP contribution in [0.15, 0.2) is 24.3 Å². The second-order valence-corrected chi connectivity index (χ2v) is 5.58. The van der Waals surface area contributed by atoms with Crippen molar-refractivity contribution in [1.82, 2.24) is 15.0 Å². The van der Waals surface area contributed by atoms with E-state index < -0.39 is 11.9 Å². The molecule has 1 aromatic carbocycles. The Labute approximate surface area is 129 Å². The number of para-hydroxylation sites is 1. The average molecular weight is 300 g/mol. The normalized spacial score (nSPS) is 17.4. The van der Waals surface area contributed by atoms with Crippen molar-refractivity contribution < 1.29 is 9.90 Å². The molecule has 0 saturated carbocycles. The summed E-state index contributed by atoms with van der Waals surface area (Å²) in [5, 5.41) is 18.3. The van der Waals surface area contributed by atoms with Gasteiger partial charge in [0.15, 0.2) is 0 Å². The van der Waals surface area contributed by atoms with E-state index >= 15 is 0 Å². The van der Waals surface area contributed by atoms with Crippen LogP contribution >= 0.6 is 0 Å². The Morgan fingerprint density at radius 3 is 2.82 bits per heavy atom. The lowest BCUT2D eigenvalue weighted by Gasteiger charge is -2.33. The zero-order chi connectivity index (χ0) is 15.7. The summed E-state index contributed by atoms with van der Waals surface area (Å²) in [6, 6.07) is 7.75. The van der Waals surface area contributed by atoms with Crippen LogP contribution < -0.4 is 4.90 Å². The van der Waals surface area contributed by atoms with Crippen LogP contribution in [0.1, 0.15) is 36.2 Å². The van der Waals surface area contributed by atoms with Crippen LogP contribution in [-0.2, 0) is 17.9 Å². The molecule has 0 saturated heterocycles. The summed E-state index contributed by atoms with van der Waals surface area (Å²) in [5.74, 6) is -1.17. The van der Waals surface area contributed by atoms with E-state index in [0.717, 1.165) is 29.2 Å². The Bertz CT molecular complexity index is 695. The molecule has 0 bridgehead atoms. The zero-order valence-electron chi connectivity index (χ0n) is 12.9. The number of carboxylic acid groups (broad SMARTS) is 1. The first-order valence-corrected chi connectivity index (χ1v) is 7.57. The number of hydrogen-bond acceptors (Lipinski definition) is 4. The number of aliphatic carboxylic acids is 1. The second kappa shape index (κ2) is 5.79. The molecule has 1 N–H and O–H groups in total. The van der Waals surface area contributed by atoms with Gasteiger partial charge in [-0.1, -0.05) is 18.2 Å². The van der Waals surface area contributed by atoms with Crippen LogP contribution in [0.2, 0.25) is 0 Å². The van der Waals surface area contributed by atoms with Crippen molar-refractivity contribution in [2.75, 3.05) is 11.4 Å². The van der Waals surface area contributed by atoms with Crippen LogP contribution in [0.3, 0.4) is 0 Å². The number of nitrogens with zero attached hydrogens (tertiary/aromatic N) is 4. The van der Waals surface area contributed by atoms with Gasteiger partial charge >= 0.3 is 5.97 Å². The fourth-order valence-electron chi connectivity index (χ4n) is 2.98. The van der Waals surface area contributed by atoms with Crippen LogP contribution in [0.25, 0.3) is 0 Å². The molecule has 2 aromatic rings. The number of anilines is 1. The van der Waals surface area contributed by atoms with E-state index in [1.807, 2.05) is 38.1 Å². The third-order valence-electron chi connectivity index (χ3n) is 4.18. The van der Waals surface area contributed by atoms with E-state index in [0.29, 0.717) is 19.5 Å². The molecule has 0 radical (unpaired) electrons. The second-order valence-electron chi connectivity index (χ2n) is 5.58. The maximum Gasteiger partial charge on any atom is 0.311 e. The lowest BCUT2D eigenvalue weighted by atomic mass is 9.90. The number of carboxylic acids is 1. The highest BCUT2D eigenvalue weighted by atomic mass is 16.4. The predicted octanol–water partition coefficient (Wildman–Crippen LogP) is 2.18. The van der Waals surface area contributed by atoms with E-state index in [9.17, 15) is 9.90 Å². The number of carbonyl (C=O) groups is 1. The van der Waals surface area contributed by atoms with E-state index in [1.165, 1.54) is 0 Å². The van der Waals surface area contributed by atoms with Gasteiger partial charge in [0.25, 0.3) is 0 Å². The van der Waals surface area contributed by atoms with Crippen LogP contribution in [0, 0.1) is 6.92 Å². The summed E-state index contributed by atoms with van der Waals surface area (Å²) in [6.45, 7) is 6.10. The molecule has 6 nitrogen and oxygen atoms in total. The minimum Gasteiger partial charge on any atom is -0.481 e. The zero-order valence-corrected chi connectivity index (χ0v) is 12.9. The summed E-state index contributed by atoms with van der Waals surface area (Å²) in [4.78, 5) is 15.3. The van der Waals surface area contributed by atoms with Crippen molar-refractivity contribution in [1.29, 1.82) is 0 Å². The maximum absolute atomic E-state index is 11.4. The maximum atomic E-state index is 11.4. The van der Waals surface area contributed by atoms with Crippen molar-refractivity contribution in [3.8, 4) is 0 Å². The summed E-state index contributed by atoms with van der Waals surface area (Å²) in [5.41, 5.74) is 3.76. The smallest absolute Gasteiger partial charge is 0.311 e. The summed E-state index contributed by atoms with van der Waals surface area (Å²) < 4.78 is 0. The van der Waals surface area contributed by atoms with Crippen LogP contribution in [0.5, 0.6) is 0 Å². The van der Waals surface area contributed by atoms with Crippen molar-refractivity contribution in [2.24, 2.45) is 0 Å². The van der Waals surface area contributed by atoms with Gasteiger partial charge in [-0.3, -0.25) is 4.79 Å². The van der Waals surface area contributed by atoms with Crippen molar-refractivity contribution in [3.63, 3.8) is 0 Å². The van der Waals surface area contributed by atoms with Crippen LogP contribution in [-0.4, -0.2) is 32.6 Å². The molecule has 6 heteroatoms. The predicted molar refractivity (Wildman–Crippen MR) is 82.9 cm³/mol. The summed E-state index contributed by atoms with van der Waals surface area (Å²) >= 11 is 0. The van der Waals surface area contributed by atoms with Crippen LogP contribution in [0.4, 0.5) is 5.69 Å². The number of fused-ring (bicyclic) bond motifs is 1. The van der Waals surface area contributed by atoms with Gasteiger partial charge in [0.2, 0.25) is 0 Å². The Hall–Kier alpha value is -2.37. The van der Waals surface area contributed by atoms with Crippen molar-refractivity contribution >= 4 is 11.7 Å². The van der Waals surface area contributed by atoms with E-state index in [2.05, 4.69) is 15.1 Å². The standard InChI is InChI=1S/C16H20N4O2/c1-3-20-17-11(2)14(18-20)10-19-9-8-13(16(21)22)12-6-4-5-7-15(12)19/h4-7,13H,3,8-10H2,1-2H3,(H,21,22). The van der Waals surface area contributed by atoms with Crippen molar-refractivity contribution in [3.05, 3.63) is 41.2 Å². The quantitative estimate of drug-likeness (QED) is 0.937. The van der Waals surface area contributed by atoms with Gasteiger partial charge in [0, 0.05) is 12.2 Å². The monoisotopic (exact) mass is 300 g/mol. The molecule has 0 spiro atoms. The third-order valence-corrected chi connectivity index (χ3v) is 4.18. The molecule has 1 unspecified atom stereocenters. The molecule has 3 rings (SSSR count). The fraction of sp³-hybridized carbons (Fsp3) is 0.438. The minimum absolute atomic E-state index is 0.417. The van der Waals surface area contributed by atoms with E-state index in [4.69, 9.17) is 0 Å². The van der Waals surface area contributed by atoms with Gasteiger partial charge < -0.3 is 10.0 Å². The molecule has 1 aliphatic rings. The lowest BCUT2D eigenvalue weighted by Crippen LogP contribution is -2.33. The largest absolute Gasteiger partial charge is 0.481 e. The Morgan fingerprint density at radius 2 is 2.14 bits per heavy atom. The first-order chi connectivity index (χ1) is 10.6. The van der Waals surface area contributed by atoms with E-state index in [-0.39, 0.29) is 0 Å². The first-order valence-electron chi connectivity index (χ1n) is 7.57. The Morgan fingerprint density at radius 1 is 1.36 bits per heavy atom. The highest BCUT2D eigenvalue weighted by Gasteiger charge is 2.30. The molecule has 0 fully saturated rings. The molecular weight excluding hydrogens is 280 g/mol. The minimum atomic E-state index is -0.750. The van der Waals surface area contributed by atoms with Gasteiger partial charge in [-0.05, 0) is 31.9 Å². The third kappa shape index (κ3) is 2.56. The van der Waals surface area contributed by atoms with E-state index in [1.54, 1.807) is 4.80 Å². The van der Waals surface area contributed by atoms with Gasteiger partial charge in [-0.15, -0.1) is 0 Å². The summed E-state index contributed by atoms with van der Waals surface area (Å²) in [7, 11) is 0. The number of rotatable bonds is 4. The number of benzene rings is 1. The average Bonchev–Trinajstić information content (AvgIpc) is 2.87. The highest BCUT2D eigenvalue weighted by Crippen LogP contribution is 2.36. The fourth-order valence-corrected chi connectivity index (χ4v) is 2.98. The SMILES string of the molecule is CCn1nc(C)c(CN2CCC(C(=O)O)c3ccccc32)n1. The number of aryl methyl sites for hydroxylation is 2. The molecule has 1 aromatic heterocycles. The molecule has 0 amide bonds. The molecule has 0 aliphatic carbocycles. The van der Waals surface area contributed by atoms with Gasteiger partial charge in [0.1, 0.15) is 5.69 Å². The molecular formula is C16H20N4O2. The Balaban J connectivity index is 1.90. The molecule has 1 aliphatic heterocycles. The molecule has 116 valence electrons. The lowest BCUT2D eigenvalue weighted by molar-refractivity contribution is -0.139. The van der Waals surface area contributed by atoms with Gasteiger partial charge in [0.05, 0.1) is 24.7 Å². The Kier molecular flexibility index (Phi) is 3.83. The van der Waals surface area contributed by atoms with Crippen molar-refractivity contribution in [2.45, 2.75) is 39.3 Å². The molecule has 2 heterocycles. The highest BCUT2D eigenvalue weighted by molar-refractivity contribution is 5.80. The molecule has 22 heavy (non-hydrogen) atoms. The number of hydrogen-bond donors (Lipinski definition) is 1. The first kappa shape index (κ1) is 14.6. The van der Waals surface area contributed by atoms with Gasteiger partial charge in [-0.2, -0.15) is 15.0 Å². The summed E-state index contributed by atoms with van der Waals surface area (Å²) in [6.07, 6.45) is 0.618.